The molecule has 0 spiro atoms. The predicted octanol–water partition coefficient (Wildman–Crippen LogP) is 3.02. The molecule has 0 unspecified atom stereocenters. The van der Waals surface area contributed by atoms with E-state index < -0.39 is 12.0 Å². The monoisotopic (exact) mass is 313 g/mol. The van der Waals surface area contributed by atoms with Gasteiger partial charge in [0.25, 0.3) is 0 Å². The fourth-order valence-corrected chi connectivity index (χ4v) is 2.97. The van der Waals surface area contributed by atoms with Crippen molar-refractivity contribution in [1.82, 2.24) is 5.32 Å². The first kappa shape index (κ1) is 15.3. The maximum atomic E-state index is 12.4. The minimum atomic E-state index is -0.933. The molecule has 1 aliphatic rings. The molecule has 1 aromatic heterocycles. The first-order chi connectivity index (χ1) is 11.1. The number of benzene rings is 1. The summed E-state index contributed by atoms with van der Waals surface area (Å²) in [7, 11) is 0. The van der Waals surface area contributed by atoms with E-state index >= 15 is 0 Å². The molecule has 5 nitrogen and oxygen atoms in total. The molecule has 1 fully saturated rings. The molecule has 5 heteroatoms. The van der Waals surface area contributed by atoms with Crippen molar-refractivity contribution < 1.29 is 19.1 Å². The third-order valence-electron chi connectivity index (χ3n) is 4.29. The molecule has 0 radical (unpaired) electrons. The second-order valence-electron chi connectivity index (χ2n) is 5.98. The highest BCUT2D eigenvalue weighted by molar-refractivity contribution is 5.83. The number of nitrogens with one attached hydrogen (secondary N) is 1. The highest BCUT2D eigenvalue weighted by Gasteiger charge is 2.46. The lowest BCUT2D eigenvalue weighted by molar-refractivity contribution is -0.137. The van der Waals surface area contributed by atoms with Crippen molar-refractivity contribution in [3.63, 3.8) is 0 Å². The Morgan fingerprint density at radius 2 is 2.09 bits per heavy atom. The Hall–Kier alpha value is -2.56. The number of carboxylic acid groups (broad SMARTS) is 1. The molecular weight excluding hydrogens is 294 g/mol. The van der Waals surface area contributed by atoms with E-state index in [9.17, 15) is 9.59 Å². The van der Waals surface area contributed by atoms with Crippen molar-refractivity contribution in [3.05, 3.63) is 59.5 Å². The molecule has 0 bridgehead atoms. The number of carbonyl (C=O) groups is 2. The average molecular weight is 313 g/mol. The van der Waals surface area contributed by atoms with Crippen LogP contribution in [0.4, 0.5) is 0 Å². The van der Waals surface area contributed by atoms with Crippen molar-refractivity contribution in [2.75, 3.05) is 0 Å². The van der Waals surface area contributed by atoms with Crippen molar-refractivity contribution in [2.45, 2.75) is 31.7 Å². The smallest absolute Gasteiger partial charge is 0.305 e. The lowest BCUT2D eigenvalue weighted by Crippen LogP contribution is -2.32. The zero-order valence-corrected chi connectivity index (χ0v) is 12.9. The van der Waals surface area contributed by atoms with Crippen LogP contribution in [0.5, 0.6) is 0 Å². The number of amides is 1. The van der Waals surface area contributed by atoms with Crippen LogP contribution in [-0.4, -0.2) is 17.0 Å². The zero-order valence-electron chi connectivity index (χ0n) is 12.9. The molecule has 2 aromatic rings. The van der Waals surface area contributed by atoms with Crippen molar-refractivity contribution in [3.8, 4) is 0 Å². The van der Waals surface area contributed by atoms with Gasteiger partial charge in [0.15, 0.2) is 0 Å². The largest absolute Gasteiger partial charge is 0.481 e. The van der Waals surface area contributed by atoms with Gasteiger partial charge in [0.05, 0.1) is 18.7 Å². The van der Waals surface area contributed by atoms with Gasteiger partial charge in [-0.25, -0.2) is 0 Å². The number of aliphatic carboxylic acids is 1. The van der Waals surface area contributed by atoms with E-state index in [2.05, 4.69) is 5.32 Å². The van der Waals surface area contributed by atoms with Gasteiger partial charge in [0, 0.05) is 11.8 Å². The van der Waals surface area contributed by atoms with E-state index in [1.807, 2.05) is 43.3 Å². The summed E-state index contributed by atoms with van der Waals surface area (Å²) < 4.78 is 5.34. The standard InChI is InChI=1S/C18H19NO4/c1-11-5-2-3-6-12(11)15(10-17(20)21)19-18(22)14-9-13(14)16-7-4-8-23-16/h2-8,13-15H,9-10H2,1H3,(H,19,22)(H,20,21)/t13-,14+,15-/m0/s1. The summed E-state index contributed by atoms with van der Waals surface area (Å²) in [5.74, 6) is -0.262. The number of carboxylic acids is 1. The van der Waals surface area contributed by atoms with Gasteiger partial charge in [-0.15, -0.1) is 0 Å². The maximum Gasteiger partial charge on any atom is 0.305 e. The van der Waals surface area contributed by atoms with Gasteiger partial charge in [-0.1, -0.05) is 24.3 Å². The molecule has 1 heterocycles. The van der Waals surface area contributed by atoms with Crippen LogP contribution in [0.2, 0.25) is 0 Å². The minimum Gasteiger partial charge on any atom is -0.481 e. The third kappa shape index (κ3) is 3.44. The van der Waals surface area contributed by atoms with E-state index in [0.29, 0.717) is 0 Å². The fraction of sp³-hybridized carbons (Fsp3) is 0.333. The number of carbonyl (C=O) groups excluding carboxylic acids is 1. The highest BCUT2D eigenvalue weighted by atomic mass is 16.4. The molecule has 0 saturated heterocycles. The highest BCUT2D eigenvalue weighted by Crippen LogP contribution is 2.48. The van der Waals surface area contributed by atoms with Gasteiger partial charge >= 0.3 is 5.97 Å². The Morgan fingerprint density at radius 3 is 2.74 bits per heavy atom. The van der Waals surface area contributed by atoms with Crippen LogP contribution >= 0.6 is 0 Å². The van der Waals surface area contributed by atoms with Crippen LogP contribution in [0.25, 0.3) is 0 Å². The number of hydrogen-bond acceptors (Lipinski definition) is 3. The SMILES string of the molecule is Cc1ccccc1[C@H](CC(=O)O)NC(=O)[C@@H]1C[C@@H]1c1ccco1. The molecule has 1 saturated carbocycles. The van der Waals surface area contributed by atoms with Crippen LogP contribution in [-0.2, 0) is 9.59 Å². The number of hydrogen-bond donors (Lipinski definition) is 2. The minimum absolute atomic E-state index is 0.104. The van der Waals surface area contributed by atoms with Crippen LogP contribution in [0.3, 0.4) is 0 Å². The lowest BCUT2D eigenvalue weighted by atomic mass is 9.98. The van der Waals surface area contributed by atoms with Crippen LogP contribution in [0.1, 0.15) is 41.7 Å². The Bertz CT molecular complexity index is 708. The van der Waals surface area contributed by atoms with Crippen molar-refractivity contribution >= 4 is 11.9 Å². The van der Waals surface area contributed by atoms with Crippen molar-refractivity contribution in [2.24, 2.45) is 5.92 Å². The average Bonchev–Trinajstić information content (AvgIpc) is 3.13. The summed E-state index contributed by atoms with van der Waals surface area (Å²) in [6.45, 7) is 1.92. The van der Waals surface area contributed by atoms with Gasteiger partial charge < -0.3 is 14.8 Å². The Labute approximate surface area is 134 Å². The Balaban J connectivity index is 1.71. The van der Waals surface area contributed by atoms with Gasteiger partial charge in [0.1, 0.15) is 5.76 Å². The van der Waals surface area contributed by atoms with Gasteiger partial charge in [-0.2, -0.15) is 0 Å². The predicted molar refractivity (Wildman–Crippen MR) is 83.9 cm³/mol. The summed E-state index contributed by atoms with van der Waals surface area (Å²) in [6.07, 6.45) is 2.21. The van der Waals surface area contributed by atoms with Crippen LogP contribution in [0, 0.1) is 12.8 Å². The molecular formula is C18H19NO4. The van der Waals surface area contributed by atoms with Gasteiger partial charge in [-0.3, -0.25) is 9.59 Å². The summed E-state index contributed by atoms with van der Waals surface area (Å²) in [6, 6.07) is 10.7. The molecule has 3 atom stereocenters. The number of aryl methyl sites for hydroxylation is 1. The second kappa shape index (κ2) is 6.28. The summed E-state index contributed by atoms with van der Waals surface area (Å²) in [5, 5.41) is 12.0. The normalized spacial score (nSPS) is 20.7. The first-order valence-electron chi connectivity index (χ1n) is 7.67. The number of rotatable bonds is 6. The summed E-state index contributed by atoms with van der Waals surface area (Å²) in [5.41, 5.74) is 1.82. The Morgan fingerprint density at radius 1 is 1.30 bits per heavy atom. The fourth-order valence-electron chi connectivity index (χ4n) is 2.97. The molecule has 120 valence electrons. The Kier molecular flexibility index (Phi) is 4.19. The van der Waals surface area contributed by atoms with Gasteiger partial charge in [0.2, 0.25) is 5.91 Å². The zero-order chi connectivity index (χ0) is 16.4. The molecule has 0 aliphatic heterocycles. The molecule has 1 aromatic carbocycles. The van der Waals surface area contributed by atoms with E-state index in [4.69, 9.17) is 9.52 Å². The quantitative estimate of drug-likeness (QED) is 0.859. The summed E-state index contributed by atoms with van der Waals surface area (Å²) >= 11 is 0. The van der Waals surface area contributed by atoms with Crippen LogP contribution in [0.15, 0.2) is 47.1 Å². The molecule has 1 aliphatic carbocycles. The lowest BCUT2D eigenvalue weighted by Gasteiger charge is -2.19. The van der Waals surface area contributed by atoms with E-state index in [1.54, 1.807) is 6.26 Å². The summed E-state index contributed by atoms with van der Waals surface area (Å²) in [4.78, 5) is 23.6. The van der Waals surface area contributed by atoms with E-state index in [1.165, 1.54) is 0 Å². The van der Waals surface area contributed by atoms with E-state index in [0.717, 1.165) is 23.3 Å². The van der Waals surface area contributed by atoms with E-state index in [-0.39, 0.29) is 24.2 Å². The molecule has 3 rings (SSSR count). The van der Waals surface area contributed by atoms with Crippen molar-refractivity contribution in [1.29, 1.82) is 0 Å². The number of furan rings is 1. The first-order valence-corrected chi connectivity index (χ1v) is 7.67. The molecule has 23 heavy (non-hydrogen) atoms. The molecule has 1 amide bonds. The topological polar surface area (TPSA) is 79.5 Å². The van der Waals surface area contributed by atoms with Gasteiger partial charge in [-0.05, 0) is 36.6 Å². The maximum absolute atomic E-state index is 12.4. The third-order valence-corrected chi connectivity index (χ3v) is 4.29. The second-order valence-corrected chi connectivity index (χ2v) is 5.98. The van der Waals surface area contributed by atoms with Crippen LogP contribution < -0.4 is 5.32 Å². The molecule has 2 N–H and O–H groups in total.